The van der Waals surface area contributed by atoms with Crippen molar-refractivity contribution in [2.45, 2.75) is 30.2 Å². The second kappa shape index (κ2) is 7.04. The predicted octanol–water partition coefficient (Wildman–Crippen LogP) is 2.94. The Kier molecular flexibility index (Phi) is 4.84. The van der Waals surface area contributed by atoms with Gasteiger partial charge in [0.2, 0.25) is 10.0 Å². The summed E-state index contributed by atoms with van der Waals surface area (Å²) >= 11 is 0. The first-order valence-electron chi connectivity index (χ1n) is 7.80. The summed E-state index contributed by atoms with van der Waals surface area (Å²) in [5, 5.41) is 8.69. The molecule has 0 aromatic heterocycles. The number of hydrogen-bond acceptors (Lipinski definition) is 4. The van der Waals surface area contributed by atoms with E-state index in [2.05, 4.69) is 4.72 Å². The molecule has 0 saturated carbocycles. The number of nitrogens with one attached hydrogen (secondary N) is 1. The Balaban J connectivity index is 1.85. The molecule has 1 atom stereocenters. The third-order valence-electron chi connectivity index (χ3n) is 4.00. The third kappa shape index (κ3) is 3.58. The number of nitriles is 1. The molecule has 2 aromatic rings. The minimum atomic E-state index is -3.64. The second-order valence-corrected chi connectivity index (χ2v) is 7.40. The van der Waals surface area contributed by atoms with E-state index in [1.54, 1.807) is 12.1 Å². The molecule has 0 amide bonds. The molecule has 1 aliphatic rings. The molecule has 124 valence electrons. The van der Waals surface area contributed by atoms with E-state index in [1.807, 2.05) is 30.3 Å². The zero-order chi connectivity index (χ0) is 17.0. The Morgan fingerprint density at radius 2 is 1.92 bits per heavy atom. The van der Waals surface area contributed by atoms with Crippen molar-refractivity contribution in [2.24, 2.45) is 0 Å². The number of nitrogens with zero attached hydrogens (tertiary/aromatic N) is 1. The number of sulfonamides is 1. The normalized spacial score (nSPS) is 17.2. The third-order valence-corrected chi connectivity index (χ3v) is 5.49. The largest absolute Gasteiger partial charge is 0.493 e. The van der Waals surface area contributed by atoms with Gasteiger partial charge in [-0.05, 0) is 36.6 Å². The van der Waals surface area contributed by atoms with Crippen molar-refractivity contribution in [3.8, 4) is 11.8 Å². The molecule has 0 spiro atoms. The average Bonchev–Trinajstić information content (AvgIpc) is 2.78. The molecule has 1 heterocycles. The molecule has 3 rings (SSSR count). The number of para-hydroxylation sites is 1. The summed E-state index contributed by atoms with van der Waals surface area (Å²) in [4.78, 5) is 0.201. The topological polar surface area (TPSA) is 79.2 Å². The molecule has 6 heteroatoms. The first-order chi connectivity index (χ1) is 11.6. The highest BCUT2D eigenvalue weighted by molar-refractivity contribution is 7.89. The monoisotopic (exact) mass is 342 g/mol. The van der Waals surface area contributed by atoms with Crippen LogP contribution in [0.2, 0.25) is 0 Å². The molecule has 1 unspecified atom stereocenters. The first kappa shape index (κ1) is 16.5. The molecule has 5 nitrogen and oxygen atoms in total. The summed E-state index contributed by atoms with van der Waals surface area (Å²) in [6.45, 7) is 0.581. The van der Waals surface area contributed by atoms with Crippen molar-refractivity contribution < 1.29 is 13.2 Å². The van der Waals surface area contributed by atoms with E-state index in [4.69, 9.17) is 10.00 Å². The van der Waals surface area contributed by atoms with Gasteiger partial charge in [-0.3, -0.25) is 0 Å². The predicted molar refractivity (Wildman–Crippen MR) is 90.0 cm³/mol. The Hall–Kier alpha value is -2.36. The van der Waals surface area contributed by atoms with Crippen LogP contribution in [0.1, 0.15) is 30.0 Å². The summed E-state index contributed by atoms with van der Waals surface area (Å²) < 4.78 is 33.8. The van der Waals surface area contributed by atoms with Crippen molar-refractivity contribution in [3.63, 3.8) is 0 Å². The summed E-state index contributed by atoms with van der Waals surface area (Å²) in [7, 11) is -3.64. The summed E-state index contributed by atoms with van der Waals surface area (Å²) in [6, 6.07) is 15.7. The van der Waals surface area contributed by atoms with Gasteiger partial charge in [0.05, 0.1) is 30.0 Å². The van der Waals surface area contributed by atoms with Crippen LogP contribution in [-0.4, -0.2) is 15.0 Å². The zero-order valence-corrected chi connectivity index (χ0v) is 13.9. The Labute approximate surface area is 141 Å². The second-order valence-electron chi connectivity index (χ2n) is 5.68. The van der Waals surface area contributed by atoms with Gasteiger partial charge in [-0.25, -0.2) is 13.1 Å². The van der Waals surface area contributed by atoms with E-state index in [0.29, 0.717) is 13.0 Å². The summed E-state index contributed by atoms with van der Waals surface area (Å²) in [6.07, 6.45) is 1.73. The van der Waals surface area contributed by atoms with Gasteiger partial charge >= 0.3 is 0 Å². The fourth-order valence-corrected chi connectivity index (χ4v) is 4.03. The van der Waals surface area contributed by atoms with Gasteiger partial charge in [-0.1, -0.05) is 30.3 Å². The molecular formula is C18H18N2O3S. The van der Waals surface area contributed by atoms with E-state index >= 15 is 0 Å². The minimum Gasteiger partial charge on any atom is -0.493 e. The van der Waals surface area contributed by atoms with Gasteiger partial charge in [0.1, 0.15) is 5.75 Å². The number of rotatable bonds is 4. The SMILES string of the molecule is N#CCc1ccc(S(=O)(=O)NC2CCCOc3ccccc32)cc1. The fourth-order valence-electron chi connectivity index (χ4n) is 2.78. The van der Waals surface area contributed by atoms with Crippen molar-refractivity contribution in [1.82, 2.24) is 4.72 Å². The van der Waals surface area contributed by atoms with Gasteiger partial charge in [0.25, 0.3) is 0 Å². The molecule has 2 aromatic carbocycles. The van der Waals surface area contributed by atoms with Gasteiger partial charge in [0, 0.05) is 5.56 Å². The lowest BCUT2D eigenvalue weighted by Crippen LogP contribution is -2.28. The highest BCUT2D eigenvalue weighted by Crippen LogP contribution is 2.32. The van der Waals surface area contributed by atoms with Crippen LogP contribution in [0.5, 0.6) is 5.75 Å². The van der Waals surface area contributed by atoms with Gasteiger partial charge in [-0.15, -0.1) is 0 Å². The zero-order valence-electron chi connectivity index (χ0n) is 13.1. The van der Waals surface area contributed by atoms with E-state index in [9.17, 15) is 8.42 Å². The van der Waals surface area contributed by atoms with Crippen LogP contribution in [0, 0.1) is 11.3 Å². The Morgan fingerprint density at radius 1 is 1.17 bits per heavy atom. The summed E-state index contributed by atoms with van der Waals surface area (Å²) in [5.74, 6) is 0.729. The molecule has 24 heavy (non-hydrogen) atoms. The quantitative estimate of drug-likeness (QED) is 0.926. The Morgan fingerprint density at radius 3 is 2.67 bits per heavy atom. The van der Waals surface area contributed by atoms with E-state index < -0.39 is 10.0 Å². The average molecular weight is 342 g/mol. The maximum absolute atomic E-state index is 12.7. The van der Waals surface area contributed by atoms with E-state index in [0.717, 1.165) is 23.3 Å². The molecule has 0 aliphatic carbocycles. The maximum Gasteiger partial charge on any atom is 0.241 e. The van der Waals surface area contributed by atoms with Crippen molar-refractivity contribution in [2.75, 3.05) is 6.61 Å². The molecule has 0 saturated heterocycles. The van der Waals surface area contributed by atoms with Crippen molar-refractivity contribution in [3.05, 3.63) is 59.7 Å². The molecule has 0 radical (unpaired) electrons. The fraction of sp³-hybridized carbons (Fsp3) is 0.278. The van der Waals surface area contributed by atoms with Gasteiger partial charge in [0.15, 0.2) is 0 Å². The highest BCUT2D eigenvalue weighted by atomic mass is 32.2. The lowest BCUT2D eigenvalue weighted by molar-refractivity contribution is 0.316. The van der Waals surface area contributed by atoms with Crippen LogP contribution >= 0.6 is 0 Å². The maximum atomic E-state index is 12.7. The minimum absolute atomic E-state index is 0.201. The van der Waals surface area contributed by atoms with Crippen LogP contribution in [0.3, 0.4) is 0 Å². The number of fused-ring (bicyclic) bond motifs is 1. The van der Waals surface area contributed by atoms with Crippen LogP contribution in [-0.2, 0) is 16.4 Å². The smallest absolute Gasteiger partial charge is 0.241 e. The van der Waals surface area contributed by atoms with E-state index in [1.165, 1.54) is 12.1 Å². The van der Waals surface area contributed by atoms with Crippen LogP contribution < -0.4 is 9.46 Å². The molecular weight excluding hydrogens is 324 g/mol. The molecule has 1 N–H and O–H groups in total. The molecule has 1 aliphatic heterocycles. The van der Waals surface area contributed by atoms with Gasteiger partial charge in [-0.2, -0.15) is 5.26 Å². The summed E-state index contributed by atoms with van der Waals surface area (Å²) in [5.41, 5.74) is 1.66. The van der Waals surface area contributed by atoms with Crippen molar-refractivity contribution in [1.29, 1.82) is 5.26 Å². The lowest BCUT2D eigenvalue weighted by atomic mass is 10.0. The Bertz CT molecular complexity index is 855. The van der Waals surface area contributed by atoms with Crippen LogP contribution in [0.25, 0.3) is 0 Å². The molecule has 0 bridgehead atoms. The van der Waals surface area contributed by atoms with Crippen molar-refractivity contribution >= 4 is 10.0 Å². The number of hydrogen-bond donors (Lipinski definition) is 1. The van der Waals surface area contributed by atoms with Gasteiger partial charge < -0.3 is 4.74 Å². The molecule has 0 fully saturated rings. The van der Waals surface area contributed by atoms with E-state index in [-0.39, 0.29) is 17.4 Å². The lowest BCUT2D eigenvalue weighted by Gasteiger charge is -2.18. The standard InChI is InChI=1S/C18H18N2O3S/c19-12-11-14-7-9-15(10-8-14)24(21,22)20-17-5-3-13-23-18-6-2-1-4-16(17)18/h1-2,4,6-10,17,20H,3,5,11,13H2. The highest BCUT2D eigenvalue weighted by Gasteiger charge is 2.25. The number of ether oxygens (including phenoxy) is 1. The van der Waals surface area contributed by atoms with Crippen LogP contribution in [0.15, 0.2) is 53.4 Å². The number of benzene rings is 2. The van der Waals surface area contributed by atoms with Crippen LogP contribution in [0.4, 0.5) is 0 Å². The first-order valence-corrected chi connectivity index (χ1v) is 9.28.